The van der Waals surface area contributed by atoms with Gasteiger partial charge in [0.1, 0.15) is 4.90 Å². The Balaban J connectivity index is -0.000000772. The molecule has 0 atom stereocenters. The van der Waals surface area contributed by atoms with Gasteiger partial charge in [0.25, 0.3) is 10.1 Å². The van der Waals surface area contributed by atoms with Crippen LogP contribution in [0.1, 0.15) is 31.0 Å². The minimum Gasteiger partial charge on any atom is -0.282 e. The molecule has 4 aromatic carbocycles. The molecule has 0 bridgehead atoms. The van der Waals surface area contributed by atoms with Gasteiger partial charge in [-0.2, -0.15) is 25.3 Å². The Morgan fingerprint density at radius 2 is 1.11 bits per heavy atom. The molecule has 0 aliphatic heterocycles. The van der Waals surface area contributed by atoms with E-state index in [1.807, 2.05) is 26.0 Å². The van der Waals surface area contributed by atoms with Crippen LogP contribution in [0.25, 0.3) is 10.8 Å². The topological polar surface area (TPSA) is 289 Å². The van der Waals surface area contributed by atoms with Crippen LogP contribution in [0.15, 0.2) is 92.4 Å². The molecule has 4 rings (SSSR count). The number of aryl methyl sites for hydroxylation is 4. The van der Waals surface area contributed by atoms with Crippen molar-refractivity contribution in [3.63, 3.8) is 0 Å². The predicted octanol–water partition coefficient (Wildman–Crippen LogP) is 5.29. The first kappa shape index (κ1) is 43.6. The van der Waals surface area contributed by atoms with Crippen LogP contribution in [0.5, 0.6) is 0 Å². The van der Waals surface area contributed by atoms with Crippen LogP contribution in [-0.4, -0.2) is 85.7 Å². The molecule has 24 heteroatoms. The zero-order valence-corrected chi connectivity index (χ0v) is 33.6. The van der Waals surface area contributed by atoms with Gasteiger partial charge in [-0.15, -0.1) is 4.33 Å². The van der Waals surface area contributed by atoms with Crippen molar-refractivity contribution < 1.29 is 87.5 Å². The van der Waals surface area contributed by atoms with Gasteiger partial charge in [-0.1, -0.05) is 59.1 Å². The summed E-state index contributed by atoms with van der Waals surface area (Å²) in [5, 5.41) is 12.9. The standard InChI is InChI=1S/C12H12O3S.C9H12O9S3.C9H12O6S2.4H2/c1-8-4-3-5-11-10(8)7-6-9(2)12(11)16(13,14)15;1-7-2-3-8(6-9(7)19-18-17-10)20(11,12)5-4-16-21(13,14)15;1-8-2-4-9(5-3-8)16(10,11)7-6-15-17(12,13)14;;;;/h3-7H,1-2H3,(H,13,14,15);2-3,6,10H,4-5H2,1H3,(H,13,14,15);2-5H,6-7H2,1H3,(H,12,13,14);4*1H/i;;;2*1+2T;2*1+2. The van der Waals surface area contributed by atoms with E-state index in [9.17, 15) is 46.6 Å². The highest BCUT2D eigenvalue weighted by molar-refractivity contribution is 7.94. The molecule has 0 spiro atoms. The van der Waals surface area contributed by atoms with Crippen molar-refractivity contribution in [2.75, 3.05) is 24.7 Å². The third kappa shape index (κ3) is 15.6. The van der Waals surface area contributed by atoms with Gasteiger partial charge >= 0.3 is 20.8 Å². The fourth-order valence-corrected chi connectivity index (χ4v) is 8.82. The average molecular weight is 897 g/mol. The zero-order chi connectivity index (χ0) is 45.1. The summed E-state index contributed by atoms with van der Waals surface area (Å²) in [5.74, 6) is -1.16. The molecule has 54 heavy (non-hydrogen) atoms. The maximum absolute atomic E-state index is 12.0. The van der Waals surface area contributed by atoms with Crippen LogP contribution >= 0.6 is 12.0 Å². The summed E-state index contributed by atoms with van der Waals surface area (Å²) >= 11 is 0.602. The van der Waals surface area contributed by atoms with E-state index >= 15 is 0 Å². The van der Waals surface area contributed by atoms with E-state index in [-0.39, 0.29) is 17.5 Å². The smallest absolute Gasteiger partial charge is 0.282 e. The second-order valence-corrected chi connectivity index (χ2v) is 19.5. The first-order chi connectivity index (χ1) is 26.8. The molecule has 0 radical (unpaired) electrons. The highest BCUT2D eigenvalue weighted by atomic mass is 32.3. The molecule has 0 fully saturated rings. The number of sulfone groups is 2. The lowest BCUT2D eigenvalue weighted by atomic mass is 10.0. The van der Waals surface area contributed by atoms with E-state index in [0.29, 0.717) is 33.5 Å². The van der Waals surface area contributed by atoms with Gasteiger partial charge in [-0.3, -0.25) is 13.7 Å². The number of rotatable bonds is 14. The van der Waals surface area contributed by atoms with Gasteiger partial charge in [-0.25, -0.2) is 30.5 Å². The molecule has 308 valence electrons. The third-order valence-electron chi connectivity index (χ3n) is 6.91. The molecular weight excluding hydrogens is 841 g/mol. The first-order valence-electron chi connectivity index (χ1n) is 16.7. The maximum atomic E-state index is 12.0. The Bertz CT molecular complexity index is 2490. The third-order valence-corrected chi connectivity index (χ3v) is 13.0. The summed E-state index contributed by atoms with van der Waals surface area (Å²) in [7, 11) is -20.9. The van der Waals surface area contributed by atoms with Crippen molar-refractivity contribution >= 4 is 73.4 Å². The number of hydrogen-bond acceptors (Lipinski definition) is 16. The van der Waals surface area contributed by atoms with Crippen LogP contribution < -0.4 is 0 Å². The Kier molecular flexibility index (Phi) is 15.9. The van der Waals surface area contributed by atoms with E-state index in [0.717, 1.165) is 16.5 Å². The Morgan fingerprint density at radius 1 is 0.611 bits per heavy atom. The summed E-state index contributed by atoms with van der Waals surface area (Å²) in [6.45, 7) is 5.75. The Labute approximate surface area is 326 Å². The highest BCUT2D eigenvalue weighted by Gasteiger charge is 2.19. The van der Waals surface area contributed by atoms with Crippen molar-refractivity contribution in [3.8, 4) is 0 Å². The quantitative estimate of drug-likeness (QED) is 0.0541. The molecule has 0 heterocycles. The first-order valence-corrected chi connectivity index (χ1v) is 23.0. The van der Waals surface area contributed by atoms with Crippen molar-refractivity contribution in [2.45, 2.75) is 47.3 Å². The van der Waals surface area contributed by atoms with Crippen LogP contribution in [0.3, 0.4) is 0 Å². The van der Waals surface area contributed by atoms with Gasteiger partial charge in [0.05, 0.1) is 46.6 Å². The summed E-state index contributed by atoms with van der Waals surface area (Å²) in [6.07, 6.45) is 0. The second kappa shape index (κ2) is 19.7. The lowest BCUT2D eigenvalue weighted by molar-refractivity contribution is -0.432. The molecule has 0 saturated carbocycles. The maximum Gasteiger partial charge on any atom is 0.397 e. The van der Waals surface area contributed by atoms with Crippen molar-refractivity contribution in [2.24, 2.45) is 0 Å². The molecule has 0 aliphatic carbocycles. The van der Waals surface area contributed by atoms with Crippen molar-refractivity contribution in [1.29, 1.82) is 0 Å². The van der Waals surface area contributed by atoms with Crippen LogP contribution in [0, 0.1) is 27.7 Å². The molecule has 4 N–H and O–H groups in total. The summed E-state index contributed by atoms with van der Waals surface area (Å²) in [6, 6.07) is 19.2. The molecule has 0 aliphatic rings. The van der Waals surface area contributed by atoms with Gasteiger partial charge < -0.3 is 0 Å². The number of fused-ring (bicyclic) bond motifs is 1. The molecule has 0 aromatic heterocycles. The molecule has 0 saturated heterocycles. The molecular formula is C30H44O18S6. The van der Waals surface area contributed by atoms with Gasteiger partial charge in [0.15, 0.2) is 19.7 Å². The average Bonchev–Trinajstić information content (AvgIpc) is 3.12. The summed E-state index contributed by atoms with van der Waals surface area (Å²) < 4.78 is 169. The van der Waals surface area contributed by atoms with Gasteiger partial charge in [-0.05, 0) is 74.0 Å². The Hall–Kier alpha value is -3.08. The van der Waals surface area contributed by atoms with E-state index in [4.69, 9.17) is 20.3 Å². The highest BCUT2D eigenvalue weighted by Crippen LogP contribution is 2.29. The SMILES string of the molecule is Cc1ccc(S(=O)(=O)CCOS(=O)(=O)O)cc1.Cc1ccc(S(=O)(=O)CCOS(=O)(=O)O)cc1SOOO.Cc1ccc2c(C)cccc2c1S(=O)(=O)O.[3HH].[3HH].[3H][3H].[3H][3H]. The van der Waals surface area contributed by atoms with E-state index < -0.39 is 75.3 Å². The monoisotopic (exact) mass is 896 g/mol. The lowest BCUT2D eigenvalue weighted by Gasteiger charge is -2.08. The fourth-order valence-electron chi connectivity index (χ4n) is 4.33. The van der Waals surface area contributed by atoms with Crippen LogP contribution in [0.2, 0.25) is 0 Å². The molecule has 18 nitrogen and oxygen atoms in total. The van der Waals surface area contributed by atoms with Crippen LogP contribution in [-0.2, 0) is 68.3 Å². The number of benzene rings is 4. The summed E-state index contributed by atoms with van der Waals surface area (Å²) in [5.41, 5.74) is 3.13. The van der Waals surface area contributed by atoms with Crippen molar-refractivity contribution in [3.05, 3.63) is 95.1 Å². The minimum absolute atomic E-state index is 0. The van der Waals surface area contributed by atoms with Crippen LogP contribution in [0.4, 0.5) is 0 Å². The minimum atomic E-state index is -4.69. The zero-order valence-electron chi connectivity index (χ0n) is 32.7. The number of hydrogen-bond donors (Lipinski definition) is 4. The molecule has 0 unspecified atom stereocenters. The largest absolute Gasteiger partial charge is 0.397 e. The molecule has 4 aromatic rings. The van der Waals surface area contributed by atoms with Crippen molar-refractivity contribution in [1.82, 2.24) is 0 Å². The molecule has 0 amide bonds. The normalized spacial score (nSPS) is 12.7. The van der Waals surface area contributed by atoms with Gasteiger partial charge in [0.2, 0.25) is 0 Å². The Morgan fingerprint density at radius 3 is 1.61 bits per heavy atom. The fraction of sp³-hybridized carbons (Fsp3) is 0.267. The lowest BCUT2D eigenvalue weighted by Crippen LogP contribution is -2.15. The van der Waals surface area contributed by atoms with E-state index in [2.05, 4.69) is 17.7 Å². The second-order valence-electron chi connectivity index (χ2n) is 11.0. The van der Waals surface area contributed by atoms with E-state index in [1.165, 1.54) is 30.3 Å². The predicted molar refractivity (Wildman–Crippen MR) is 204 cm³/mol. The summed E-state index contributed by atoms with van der Waals surface area (Å²) in [4.78, 5) is 0.368. The van der Waals surface area contributed by atoms with Gasteiger partial charge in [0, 0.05) is 19.1 Å². The van der Waals surface area contributed by atoms with E-state index in [1.54, 1.807) is 44.2 Å².